The average molecular weight is 390 g/mol. The summed E-state index contributed by atoms with van der Waals surface area (Å²) in [6, 6.07) is 10.7. The molecular weight excluding hydrogens is 368 g/mol. The highest BCUT2D eigenvalue weighted by atomic mass is 32.2. The molecule has 2 N–H and O–H groups in total. The van der Waals surface area contributed by atoms with Gasteiger partial charge in [-0.3, -0.25) is 9.52 Å². The Hall–Kier alpha value is -2.74. The van der Waals surface area contributed by atoms with E-state index in [0.29, 0.717) is 35.2 Å². The SMILES string of the molecule is CC(C)CCNC(=O)c1cccc(S(=O)(=O)Nc2ccc3c(c2)OCO3)c1. The van der Waals surface area contributed by atoms with Gasteiger partial charge in [-0.25, -0.2) is 8.42 Å². The van der Waals surface area contributed by atoms with Gasteiger partial charge in [0.05, 0.1) is 10.6 Å². The average Bonchev–Trinajstić information content (AvgIpc) is 3.09. The summed E-state index contributed by atoms with van der Waals surface area (Å²) < 4.78 is 38.3. The molecule has 0 saturated heterocycles. The second-order valence-corrected chi connectivity index (χ2v) is 8.32. The Labute approximate surface area is 158 Å². The highest BCUT2D eigenvalue weighted by molar-refractivity contribution is 7.92. The molecule has 0 spiro atoms. The van der Waals surface area contributed by atoms with E-state index in [1.54, 1.807) is 30.3 Å². The fourth-order valence-electron chi connectivity index (χ4n) is 2.56. The van der Waals surface area contributed by atoms with Gasteiger partial charge in [-0.15, -0.1) is 0 Å². The molecule has 1 aliphatic heterocycles. The third kappa shape index (κ3) is 4.71. The van der Waals surface area contributed by atoms with Crippen LogP contribution in [0, 0.1) is 5.92 Å². The van der Waals surface area contributed by atoms with Crippen LogP contribution in [0.15, 0.2) is 47.4 Å². The van der Waals surface area contributed by atoms with E-state index in [4.69, 9.17) is 9.47 Å². The largest absolute Gasteiger partial charge is 0.454 e. The molecule has 2 aromatic rings. The van der Waals surface area contributed by atoms with Gasteiger partial charge in [-0.2, -0.15) is 0 Å². The number of fused-ring (bicyclic) bond motifs is 1. The molecule has 7 nitrogen and oxygen atoms in total. The third-order valence-corrected chi connectivity index (χ3v) is 5.42. The second kappa shape index (κ2) is 7.87. The Morgan fingerprint density at radius 2 is 1.89 bits per heavy atom. The normalized spacial score (nSPS) is 12.9. The van der Waals surface area contributed by atoms with E-state index < -0.39 is 10.0 Å². The van der Waals surface area contributed by atoms with Crippen LogP contribution >= 0.6 is 0 Å². The van der Waals surface area contributed by atoms with Crippen molar-refractivity contribution in [3.63, 3.8) is 0 Å². The third-order valence-electron chi connectivity index (χ3n) is 4.04. The molecule has 1 aliphatic rings. The quantitative estimate of drug-likeness (QED) is 0.758. The summed E-state index contributed by atoms with van der Waals surface area (Å²) in [6.07, 6.45) is 0.857. The van der Waals surface area contributed by atoms with E-state index in [1.165, 1.54) is 12.1 Å². The number of sulfonamides is 1. The van der Waals surface area contributed by atoms with Crippen molar-refractivity contribution in [1.29, 1.82) is 0 Å². The van der Waals surface area contributed by atoms with Crippen LogP contribution in [0.25, 0.3) is 0 Å². The smallest absolute Gasteiger partial charge is 0.261 e. The minimum atomic E-state index is -3.85. The monoisotopic (exact) mass is 390 g/mol. The van der Waals surface area contributed by atoms with Gasteiger partial charge in [-0.05, 0) is 42.7 Å². The maximum absolute atomic E-state index is 12.7. The van der Waals surface area contributed by atoms with Gasteiger partial charge in [-0.1, -0.05) is 19.9 Å². The molecule has 0 atom stereocenters. The number of hydrogen-bond acceptors (Lipinski definition) is 5. The van der Waals surface area contributed by atoms with E-state index in [-0.39, 0.29) is 17.6 Å². The van der Waals surface area contributed by atoms with Gasteiger partial charge in [0, 0.05) is 18.2 Å². The maximum atomic E-state index is 12.7. The first-order valence-electron chi connectivity index (χ1n) is 8.66. The number of rotatable bonds is 7. The van der Waals surface area contributed by atoms with Crippen molar-refractivity contribution in [2.24, 2.45) is 5.92 Å². The molecule has 0 aromatic heterocycles. The van der Waals surface area contributed by atoms with Crippen LogP contribution < -0.4 is 19.5 Å². The molecule has 2 aromatic carbocycles. The lowest BCUT2D eigenvalue weighted by atomic mass is 10.1. The summed E-state index contributed by atoms with van der Waals surface area (Å²) >= 11 is 0. The van der Waals surface area contributed by atoms with Gasteiger partial charge in [0.2, 0.25) is 6.79 Å². The van der Waals surface area contributed by atoms with Crippen molar-refractivity contribution in [2.75, 3.05) is 18.1 Å². The van der Waals surface area contributed by atoms with Gasteiger partial charge in [0.1, 0.15) is 0 Å². The van der Waals surface area contributed by atoms with E-state index >= 15 is 0 Å². The number of ether oxygens (including phenoxy) is 2. The predicted molar refractivity (Wildman–Crippen MR) is 102 cm³/mol. The van der Waals surface area contributed by atoms with E-state index in [1.807, 2.05) is 0 Å². The lowest BCUT2D eigenvalue weighted by Crippen LogP contribution is -2.25. The highest BCUT2D eigenvalue weighted by Crippen LogP contribution is 2.34. The first kappa shape index (κ1) is 19.0. The minimum Gasteiger partial charge on any atom is -0.454 e. The van der Waals surface area contributed by atoms with Crippen molar-refractivity contribution < 1.29 is 22.7 Å². The number of carbonyl (C=O) groups is 1. The summed E-state index contributed by atoms with van der Waals surface area (Å²) in [7, 11) is -3.85. The molecule has 0 fully saturated rings. The van der Waals surface area contributed by atoms with Crippen molar-refractivity contribution in [3.8, 4) is 11.5 Å². The van der Waals surface area contributed by atoms with Crippen molar-refractivity contribution in [2.45, 2.75) is 25.2 Å². The number of anilines is 1. The molecule has 0 radical (unpaired) electrons. The minimum absolute atomic E-state index is 0.0108. The van der Waals surface area contributed by atoms with Crippen LogP contribution in [0.4, 0.5) is 5.69 Å². The Morgan fingerprint density at radius 1 is 1.11 bits per heavy atom. The summed E-state index contributed by atoms with van der Waals surface area (Å²) in [5, 5.41) is 2.80. The van der Waals surface area contributed by atoms with Crippen LogP contribution in [0.2, 0.25) is 0 Å². The fourth-order valence-corrected chi connectivity index (χ4v) is 3.65. The van der Waals surface area contributed by atoms with Gasteiger partial charge < -0.3 is 14.8 Å². The molecule has 0 bridgehead atoms. The molecule has 0 aliphatic carbocycles. The number of benzene rings is 2. The molecule has 144 valence electrons. The Kier molecular flexibility index (Phi) is 5.55. The maximum Gasteiger partial charge on any atom is 0.261 e. The fraction of sp³-hybridized carbons (Fsp3) is 0.316. The summed E-state index contributed by atoms with van der Waals surface area (Å²) in [5.41, 5.74) is 0.651. The van der Waals surface area contributed by atoms with E-state index in [2.05, 4.69) is 23.9 Å². The molecule has 0 saturated carbocycles. The van der Waals surface area contributed by atoms with E-state index in [9.17, 15) is 13.2 Å². The predicted octanol–water partition coefficient (Wildman–Crippen LogP) is 2.99. The summed E-state index contributed by atoms with van der Waals surface area (Å²) in [4.78, 5) is 12.2. The summed E-state index contributed by atoms with van der Waals surface area (Å²) in [5.74, 6) is 1.23. The molecular formula is C19H22N2O5S. The molecule has 8 heteroatoms. The summed E-state index contributed by atoms with van der Waals surface area (Å²) in [6.45, 7) is 4.80. The lowest BCUT2D eigenvalue weighted by molar-refractivity contribution is 0.0951. The van der Waals surface area contributed by atoms with Gasteiger partial charge in [0.15, 0.2) is 11.5 Å². The van der Waals surface area contributed by atoms with Crippen LogP contribution in [0.1, 0.15) is 30.6 Å². The van der Waals surface area contributed by atoms with Crippen molar-refractivity contribution in [1.82, 2.24) is 5.32 Å². The Morgan fingerprint density at radius 3 is 2.67 bits per heavy atom. The zero-order chi connectivity index (χ0) is 19.4. The Balaban J connectivity index is 1.74. The number of nitrogens with one attached hydrogen (secondary N) is 2. The van der Waals surface area contributed by atoms with Crippen LogP contribution in [-0.4, -0.2) is 27.7 Å². The van der Waals surface area contributed by atoms with Crippen molar-refractivity contribution in [3.05, 3.63) is 48.0 Å². The van der Waals surface area contributed by atoms with Gasteiger partial charge >= 0.3 is 0 Å². The zero-order valence-electron chi connectivity index (χ0n) is 15.2. The number of carbonyl (C=O) groups excluding carboxylic acids is 1. The highest BCUT2D eigenvalue weighted by Gasteiger charge is 2.19. The topological polar surface area (TPSA) is 93.7 Å². The van der Waals surface area contributed by atoms with Crippen molar-refractivity contribution >= 4 is 21.6 Å². The lowest BCUT2D eigenvalue weighted by Gasteiger charge is -2.11. The molecule has 27 heavy (non-hydrogen) atoms. The zero-order valence-corrected chi connectivity index (χ0v) is 16.0. The van der Waals surface area contributed by atoms with Crippen LogP contribution in [0.5, 0.6) is 11.5 Å². The first-order chi connectivity index (χ1) is 12.8. The number of hydrogen-bond donors (Lipinski definition) is 2. The first-order valence-corrected chi connectivity index (χ1v) is 10.1. The standard InChI is InChI=1S/C19H22N2O5S/c1-13(2)8-9-20-19(22)14-4-3-5-16(10-14)27(23,24)21-15-6-7-17-18(11-15)26-12-25-17/h3-7,10-11,13,21H,8-9,12H2,1-2H3,(H,20,22). The number of amides is 1. The van der Waals surface area contributed by atoms with Crippen LogP contribution in [-0.2, 0) is 10.0 Å². The Bertz CT molecular complexity index is 941. The van der Waals surface area contributed by atoms with Crippen LogP contribution in [0.3, 0.4) is 0 Å². The second-order valence-electron chi connectivity index (χ2n) is 6.64. The van der Waals surface area contributed by atoms with E-state index in [0.717, 1.165) is 6.42 Å². The molecule has 1 amide bonds. The molecule has 1 heterocycles. The molecule has 0 unspecified atom stereocenters. The molecule has 3 rings (SSSR count). The van der Waals surface area contributed by atoms with Gasteiger partial charge in [0.25, 0.3) is 15.9 Å².